The van der Waals surface area contributed by atoms with Crippen LogP contribution in [-0.2, 0) is 0 Å². The lowest BCUT2D eigenvalue weighted by Crippen LogP contribution is -2.38. The first kappa shape index (κ1) is 13.9. The van der Waals surface area contributed by atoms with Gasteiger partial charge in [-0.25, -0.2) is 8.78 Å². The third kappa shape index (κ3) is 3.99. The zero-order valence-corrected chi connectivity index (χ0v) is 10.6. The van der Waals surface area contributed by atoms with Crippen LogP contribution in [0.15, 0.2) is 23.1 Å². The second-order valence-electron chi connectivity index (χ2n) is 3.87. The Morgan fingerprint density at radius 2 is 2.18 bits per heavy atom. The number of halogens is 2. The fraction of sp³-hybridized carbons (Fsp3) is 0.417. The summed E-state index contributed by atoms with van der Waals surface area (Å²) in [6.07, 6.45) is 0.556. The Labute approximate surface area is 104 Å². The molecule has 5 heteroatoms. The van der Waals surface area contributed by atoms with E-state index < -0.39 is 17.2 Å². The molecule has 0 aliphatic rings. The summed E-state index contributed by atoms with van der Waals surface area (Å²) in [5, 5.41) is 11.8. The van der Waals surface area contributed by atoms with Crippen LogP contribution in [0.1, 0.15) is 13.3 Å². The van der Waals surface area contributed by atoms with Crippen molar-refractivity contribution < 1.29 is 8.78 Å². The van der Waals surface area contributed by atoms with Crippen molar-refractivity contribution in [1.82, 2.24) is 5.32 Å². The highest BCUT2D eigenvalue weighted by atomic mass is 32.2. The minimum Gasteiger partial charge on any atom is -0.303 e. The van der Waals surface area contributed by atoms with Crippen LogP contribution >= 0.6 is 11.8 Å². The Morgan fingerprint density at radius 3 is 2.76 bits per heavy atom. The molecule has 0 amide bonds. The number of nitrogens with zero attached hydrogens (tertiary/aromatic N) is 1. The van der Waals surface area contributed by atoms with Crippen molar-refractivity contribution >= 4 is 11.8 Å². The van der Waals surface area contributed by atoms with E-state index in [0.717, 1.165) is 12.1 Å². The highest BCUT2D eigenvalue weighted by Crippen LogP contribution is 2.25. The lowest BCUT2D eigenvalue weighted by Gasteiger charge is -2.20. The molecule has 1 aromatic carbocycles. The van der Waals surface area contributed by atoms with Crippen LogP contribution < -0.4 is 5.32 Å². The molecule has 0 saturated heterocycles. The number of nitrogens with one attached hydrogen (secondary N) is 1. The van der Waals surface area contributed by atoms with Crippen LogP contribution in [0.4, 0.5) is 8.78 Å². The van der Waals surface area contributed by atoms with Gasteiger partial charge < -0.3 is 5.32 Å². The Bertz CT molecular complexity index is 431. The molecule has 17 heavy (non-hydrogen) atoms. The van der Waals surface area contributed by atoms with Crippen molar-refractivity contribution in [3.8, 4) is 6.07 Å². The van der Waals surface area contributed by atoms with Gasteiger partial charge in [0.2, 0.25) is 0 Å². The average Bonchev–Trinajstić information content (AvgIpc) is 2.33. The first-order valence-electron chi connectivity index (χ1n) is 5.19. The maximum absolute atomic E-state index is 13.3. The van der Waals surface area contributed by atoms with Gasteiger partial charge in [-0.3, -0.25) is 0 Å². The summed E-state index contributed by atoms with van der Waals surface area (Å²) in [7, 11) is 1.71. The van der Waals surface area contributed by atoms with Gasteiger partial charge in [0, 0.05) is 10.6 Å². The lowest BCUT2D eigenvalue weighted by atomic mass is 10.0. The second kappa shape index (κ2) is 5.99. The Balaban J connectivity index is 2.57. The summed E-state index contributed by atoms with van der Waals surface area (Å²) >= 11 is 1.21. The van der Waals surface area contributed by atoms with Crippen molar-refractivity contribution in [3.05, 3.63) is 29.8 Å². The van der Waals surface area contributed by atoms with Crippen LogP contribution in [0, 0.1) is 23.0 Å². The summed E-state index contributed by atoms with van der Waals surface area (Å²) in [6.45, 7) is 1.77. The van der Waals surface area contributed by atoms with Crippen LogP contribution in [0.2, 0.25) is 0 Å². The zero-order valence-electron chi connectivity index (χ0n) is 9.76. The highest BCUT2D eigenvalue weighted by Gasteiger charge is 2.20. The van der Waals surface area contributed by atoms with E-state index in [0.29, 0.717) is 12.2 Å². The smallest absolute Gasteiger partial charge is 0.136 e. The number of hydrogen-bond acceptors (Lipinski definition) is 3. The molecule has 0 aromatic heterocycles. The first-order valence-corrected chi connectivity index (χ1v) is 6.17. The molecule has 0 heterocycles. The molecule has 1 rings (SSSR count). The van der Waals surface area contributed by atoms with Crippen LogP contribution in [0.5, 0.6) is 0 Å². The Hall–Kier alpha value is -1.12. The van der Waals surface area contributed by atoms with Gasteiger partial charge >= 0.3 is 0 Å². The molecule has 0 fully saturated rings. The van der Waals surface area contributed by atoms with E-state index in [1.165, 1.54) is 17.8 Å². The SMILES string of the molecule is CNC(C)(C#N)CCSc1cc(F)ccc1F. The molecule has 0 radical (unpaired) electrons. The number of rotatable bonds is 5. The van der Waals surface area contributed by atoms with Crippen molar-refractivity contribution in [3.63, 3.8) is 0 Å². The van der Waals surface area contributed by atoms with Gasteiger partial charge in [0.05, 0.1) is 6.07 Å². The van der Waals surface area contributed by atoms with Gasteiger partial charge in [-0.15, -0.1) is 11.8 Å². The summed E-state index contributed by atoms with van der Waals surface area (Å²) in [4.78, 5) is 0.279. The maximum atomic E-state index is 13.3. The molecule has 0 aliphatic heterocycles. The molecule has 0 bridgehead atoms. The molecule has 0 spiro atoms. The molecule has 1 N–H and O–H groups in total. The van der Waals surface area contributed by atoms with Gasteiger partial charge in [-0.2, -0.15) is 5.26 Å². The van der Waals surface area contributed by atoms with Crippen LogP contribution in [0.25, 0.3) is 0 Å². The number of thioether (sulfide) groups is 1. The Morgan fingerprint density at radius 1 is 1.47 bits per heavy atom. The van der Waals surface area contributed by atoms with E-state index in [2.05, 4.69) is 11.4 Å². The van der Waals surface area contributed by atoms with E-state index in [9.17, 15) is 8.78 Å². The van der Waals surface area contributed by atoms with E-state index in [4.69, 9.17) is 5.26 Å². The number of nitriles is 1. The molecule has 0 saturated carbocycles. The third-order valence-electron chi connectivity index (χ3n) is 2.55. The van der Waals surface area contributed by atoms with E-state index >= 15 is 0 Å². The van der Waals surface area contributed by atoms with E-state index in [1.807, 2.05) is 0 Å². The van der Waals surface area contributed by atoms with Crippen molar-refractivity contribution in [1.29, 1.82) is 5.26 Å². The number of benzene rings is 1. The summed E-state index contributed by atoms with van der Waals surface area (Å²) in [5.41, 5.74) is -0.628. The van der Waals surface area contributed by atoms with Gasteiger partial charge in [-0.1, -0.05) is 0 Å². The van der Waals surface area contributed by atoms with Crippen LogP contribution in [-0.4, -0.2) is 18.3 Å². The molecular formula is C12H14F2N2S. The molecule has 92 valence electrons. The lowest BCUT2D eigenvalue weighted by molar-refractivity contribution is 0.479. The summed E-state index contributed by atoms with van der Waals surface area (Å²) < 4.78 is 26.2. The van der Waals surface area contributed by atoms with E-state index in [1.54, 1.807) is 14.0 Å². The molecule has 1 atom stereocenters. The predicted octanol–water partition coefficient (Wildman–Crippen LogP) is 2.95. The van der Waals surface area contributed by atoms with Gasteiger partial charge in [0.25, 0.3) is 0 Å². The molecular weight excluding hydrogens is 242 g/mol. The standard InChI is InChI=1S/C12H14F2N2S/c1-12(8-15,16-2)5-6-17-11-7-9(13)3-4-10(11)14/h3-4,7,16H,5-6H2,1-2H3. The summed E-state index contributed by atoms with van der Waals surface area (Å²) in [5.74, 6) is -0.337. The normalized spacial score (nSPS) is 14.1. The topological polar surface area (TPSA) is 35.8 Å². The van der Waals surface area contributed by atoms with Gasteiger partial charge in [-0.05, 0) is 38.6 Å². The van der Waals surface area contributed by atoms with E-state index in [-0.39, 0.29) is 4.90 Å². The molecule has 2 nitrogen and oxygen atoms in total. The minimum atomic E-state index is -0.628. The fourth-order valence-corrected chi connectivity index (χ4v) is 2.32. The molecule has 1 unspecified atom stereocenters. The Kier molecular flexibility index (Phi) is 4.91. The zero-order chi connectivity index (χ0) is 12.9. The third-order valence-corrected chi connectivity index (χ3v) is 3.58. The fourth-order valence-electron chi connectivity index (χ4n) is 1.19. The van der Waals surface area contributed by atoms with Gasteiger partial charge in [0.1, 0.15) is 17.2 Å². The quantitative estimate of drug-likeness (QED) is 0.823. The van der Waals surface area contributed by atoms with Crippen molar-refractivity contribution in [2.24, 2.45) is 0 Å². The van der Waals surface area contributed by atoms with Crippen molar-refractivity contribution in [2.75, 3.05) is 12.8 Å². The van der Waals surface area contributed by atoms with Crippen molar-refractivity contribution in [2.45, 2.75) is 23.8 Å². The molecule has 1 aromatic rings. The number of hydrogen-bond donors (Lipinski definition) is 1. The minimum absolute atomic E-state index is 0.279. The summed E-state index contributed by atoms with van der Waals surface area (Å²) in [6, 6.07) is 5.52. The monoisotopic (exact) mass is 256 g/mol. The first-order chi connectivity index (χ1) is 8.00. The van der Waals surface area contributed by atoms with Crippen LogP contribution in [0.3, 0.4) is 0 Å². The largest absolute Gasteiger partial charge is 0.303 e. The maximum Gasteiger partial charge on any atom is 0.136 e. The average molecular weight is 256 g/mol. The predicted molar refractivity (Wildman–Crippen MR) is 64.8 cm³/mol. The van der Waals surface area contributed by atoms with Gasteiger partial charge in [0.15, 0.2) is 0 Å². The molecule has 0 aliphatic carbocycles. The second-order valence-corrected chi connectivity index (χ2v) is 5.00. The highest BCUT2D eigenvalue weighted by molar-refractivity contribution is 7.99.